The molecule has 428 valence electrons. The van der Waals surface area contributed by atoms with Crippen LogP contribution < -0.4 is 0 Å². The van der Waals surface area contributed by atoms with Crippen LogP contribution in [0.5, 0.6) is 0 Å². The second kappa shape index (κ2) is 69.9. The third-order valence-corrected chi connectivity index (χ3v) is 12.7. The van der Waals surface area contributed by atoms with Crippen molar-refractivity contribution in [1.29, 1.82) is 0 Å². The lowest BCUT2D eigenvalue weighted by molar-refractivity contribution is -0.0282. The van der Waals surface area contributed by atoms with Gasteiger partial charge in [-0.2, -0.15) is 12.6 Å². The van der Waals surface area contributed by atoms with Crippen LogP contribution in [0.4, 0.5) is 0 Å². The lowest BCUT2D eigenvalue weighted by Crippen LogP contribution is -2.15. The van der Waals surface area contributed by atoms with E-state index in [0.29, 0.717) is 152 Å². The molecule has 0 fully saturated rings. The maximum atomic E-state index is 5.74. The predicted molar refractivity (Wildman–Crippen MR) is 297 cm³/mol. The van der Waals surface area contributed by atoms with Crippen LogP contribution in [-0.2, 0) is 56.8 Å². The van der Waals surface area contributed by atoms with Crippen molar-refractivity contribution >= 4 is 12.6 Å². The number of hydrogen-bond donors (Lipinski definition) is 1. The van der Waals surface area contributed by atoms with E-state index in [-0.39, 0.29) is 0 Å². The smallest absolute Gasteiger partial charge is 0.0701 e. The van der Waals surface area contributed by atoms with E-state index in [1.807, 2.05) is 0 Å². The highest BCUT2D eigenvalue weighted by Crippen LogP contribution is 2.17. The van der Waals surface area contributed by atoms with Crippen LogP contribution >= 0.6 is 12.6 Å². The number of unbranched alkanes of at least 4 members (excludes halogenated alkanes) is 31. The lowest BCUT2D eigenvalue weighted by atomic mass is 10.0. The molecule has 71 heavy (non-hydrogen) atoms. The summed E-state index contributed by atoms with van der Waals surface area (Å²) in [5.74, 6) is 0.722. The molecule has 13 heteroatoms. The summed E-state index contributed by atoms with van der Waals surface area (Å²) in [6.07, 6.45) is 45.9. The van der Waals surface area contributed by atoms with Gasteiger partial charge in [0.05, 0.1) is 152 Å². The Balaban J connectivity index is 3.07. The van der Waals surface area contributed by atoms with Crippen molar-refractivity contribution in [3.8, 4) is 0 Å². The highest BCUT2D eigenvalue weighted by Gasteiger charge is 2.00. The molecule has 12 nitrogen and oxygen atoms in total. The van der Waals surface area contributed by atoms with Crippen LogP contribution in [0.3, 0.4) is 0 Å². The van der Waals surface area contributed by atoms with Gasteiger partial charge in [-0.05, 0) is 6.42 Å². The molecule has 0 bridgehead atoms. The zero-order valence-electron chi connectivity index (χ0n) is 46.7. The molecule has 0 heterocycles. The number of hydrogen-bond acceptors (Lipinski definition) is 13. The molecule has 0 aromatic carbocycles. The van der Waals surface area contributed by atoms with Crippen molar-refractivity contribution in [3.05, 3.63) is 0 Å². The second-order valence-electron chi connectivity index (χ2n) is 19.0. The maximum Gasteiger partial charge on any atom is 0.0701 e. The van der Waals surface area contributed by atoms with E-state index in [2.05, 4.69) is 19.6 Å². The summed E-state index contributed by atoms with van der Waals surface area (Å²) in [5.41, 5.74) is 0. The number of ether oxygens (including phenoxy) is 12. The molecule has 0 saturated heterocycles. The van der Waals surface area contributed by atoms with Gasteiger partial charge in [-0.15, -0.1) is 0 Å². The molecule has 0 aliphatic heterocycles. The minimum atomic E-state index is 0.519. The van der Waals surface area contributed by atoms with Gasteiger partial charge in [-0.1, -0.05) is 206 Å². The number of rotatable bonds is 68. The van der Waals surface area contributed by atoms with Crippen LogP contribution in [0.25, 0.3) is 0 Å². The van der Waals surface area contributed by atoms with Gasteiger partial charge >= 0.3 is 0 Å². The zero-order chi connectivity index (χ0) is 50.8. The summed E-state index contributed by atoms with van der Waals surface area (Å²) in [6.45, 7) is 15.8. The first-order valence-electron chi connectivity index (χ1n) is 30.0. The van der Waals surface area contributed by atoms with Crippen molar-refractivity contribution in [3.63, 3.8) is 0 Å². The average Bonchev–Trinajstić information content (AvgIpc) is 3.38. The third kappa shape index (κ3) is 69.9. The first-order chi connectivity index (χ1) is 35.4. The molecule has 0 spiro atoms. The number of thiol groups is 1. The van der Waals surface area contributed by atoms with E-state index in [1.165, 1.54) is 199 Å². The normalized spacial score (nSPS) is 11.7. The van der Waals surface area contributed by atoms with Gasteiger partial charge in [0, 0.05) is 12.4 Å². The summed E-state index contributed by atoms with van der Waals surface area (Å²) in [6, 6.07) is 0. The Kier molecular flexibility index (Phi) is 69.7. The van der Waals surface area contributed by atoms with Crippen LogP contribution in [-0.4, -0.2) is 164 Å². The molecule has 0 aromatic rings. The predicted octanol–water partition coefficient (Wildman–Crippen LogP) is 13.6. The van der Waals surface area contributed by atoms with Crippen molar-refractivity contribution in [2.75, 3.05) is 164 Å². The average molecular weight is 1040 g/mol. The van der Waals surface area contributed by atoms with Crippen molar-refractivity contribution < 1.29 is 56.8 Å². The summed E-state index contributed by atoms with van der Waals surface area (Å²) in [4.78, 5) is 0. The fourth-order valence-corrected chi connectivity index (χ4v) is 8.30. The standard InChI is InChI=1S/C58H118O12S/c1-2-3-4-5-6-7-8-9-10-11-12-13-14-15-16-17-18-19-20-21-22-23-24-25-26-27-28-29-30-31-32-33-34-59-35-36-60-37-38-61-39-40-62-41-42-63-43-44-64-45-46-65-47-48-66-49-50-67-51-52-68-53-54-69-55-56-70-57-58-71/h71H,2-58H2,1H3. The Labute approximate surface area is 444 Å². The monoisotopic (exact) mass is 1040 g/mol. The molecule has 0 amide bonds. The van der Waals surface area contributed by atoms with Gasteiger partial charge in [0.15, 0.2) is 0 Å². The van der Waals surface area contributed by atoms with Gasteiger partial charge in [0.2, 0.25) is 0 Å². The van der Waals surface area contributed by atoms with E-state index < -0.39 is 0 Å². The van der Waals surface area contributed by atoms with Gasteiger partial charge in [0.25, 0.3) is 0 Å². The first kappa shape index (κ1) is 70.9. The zero-order valence-corrected chi connectivity index (χ0v) is 47.5. The summed E-state index contributed by atoms with van der Waals surface area (Å²) in [5, 5.41) is 0. The van der Waals surface area contributed by atoms with Gasteiger partial charge in [-0.3, -0.25) is 0 Å². The molecular formula is C58H118O12S. The molecule has 0 unspecified atom stereocenters. The fourth-order valence-electron chi connectivity index (χ4n) is 8.17. The SMILES string of the molecule is CCCCCCCCCCCCCCCCCCCCCCCCCCCCCCCCCCOCCOCCOCCOCCOCCOCCOCCOCCOCCOCCOCCOCCS. The van der Waals surface area contributed by atoms with Gasteiger partial charge < -0.3 is 56.8 Å². The third-order valence-electron chi connectivity index (χ3n) is 12.5. The van der Waals surface area contributed by atoms with Crippen LogP contribution in [0.15, 0.2) is 0 Å². The maximum absolute atomic E-state index is 5.74. The lowest BCUT2D eigenvalue weighted by Gasteiger charge is -2.09. The van der Waals surface area contributed by atoms with Gasteiger partial charge in [-0.25, -0.2) is 0 Å². The molecule has 0 rings (SSSR count). The van der Waals surface area contributed by atoms with E-state index in [9.17, 15) is 0 Å². The highest BCUT2D eigenvalue weighted by atomic mass is 32.1. The molecule has 0 saturated carbocycles. The largest absolute Gasteiger partial charge is 0.379 e. The van der Waals surface area contributed by atoms with Crippen LogP contribution in [0, 0.1) is 0 Å². The fraction of sp³-hybridized carbons (Fsp3) is 1.00. The summed E-state index contributed by atoms with van der Waals surface area (Å²) < 4.78 is 66.2. The van der Waals surface area contributed by atoms with Crippen LogP contribution in [0.2, 0.25) is 0 Å². The Morgan fingerprint density at radius 2 is 0.282 bits per heavy atom. The molecule has 0 aliphatic rings. The van der Waals surface area contributed by atoms with E-state index >= 15 is 0 Å². The van der Waals surface area contributed by atoms with E-state index in [1.54, 1.807) is 0 Å². The van der Waals surface area contributed by atoms with Gasteiger partial charge in [0.1, 0.15) is 0 Å². The molecule has 0 atom stereocenters. The summed E-state index contributed by atoms with van der Waals surface area (Å²) >= 11 is 4.08. The second-order valence-corrected chi connectivity index (χ2v) is 19.5. The van der Waals surface area contributed by atoms with Crippen molar-refractivity contribution in [1.82, 2.24) is 0 Å². The molecule has 0 aliphatic carbocycles. The van der Waals surface area contributed by atoms with Crippen molar-refractivity contribution in [2.24, 2.45) is 0 Å². The van der Waals surface area contributed by atoms with E-state index in [0.717, 1.165) is 18.8 Å². The minimum absolute atomic E-state index is 0.519. The van der Waals surface area contributed by atoms with Crippen molar-refractivity contribution in [2.45, 2.75) is 212 Å². The Morgan fingerprint density at radius 1 is 0.155 bits per heavy atom. The quantitative estimate of drug-likeness (QED) is 0.0462. The minimum Gasteiger partial charge on any atom is -0.379 e. The Bertz CT molecular complexity index is 829. The molecule has 0 N–H and O–H groups in total. The molecule has 0 radical (unpaired) electrons. The molecular weight excluding hydrogens is 921 g/mol. The summed E-state index contributed by atoms with van der Waals surface area (Å²) in [7, 11) is 0. The first-order valence-corrected chi connectivity index (χ1v) is 30.6. The van der Waals surface area contributed by atoms with Crippen LogP contribution in [0.1, 0.15) is 212 Å². The molecule has 0 aromatic heterocycles. The highest BCUT2D eigenvalue weighted by molar-refractivity contribution is 7.80. The Hall–Kier alpha value is -0.130. The van der Waals surface area contributed by atoms with E-state index in [4.69, 9.17) is 56.8 Å². The Morgan fingerprint density at radius 3 is 0.437 bits per heavy atom. The topological polar surface area (TPSA) is 111 Å².